The Balaban J connectivity index is 1.37. The smallest absolute Gasteiger partial charge is 0.254 e. The van der Waals surface area contributed by atoms with Crippen molar-refractivity contribution in [3.63, 3.8) is 0 Å². The third-order valence-corrected chi connectivity index (χ3v) is 8.33. The van der Waals surface area contributed by atoms with Crippen LogP contribution in [-0.4, -0.2) is 42.1 Å². The maximum Gasteiger partial charge on any atom is 0.254 e. The van der Waals surface area contributed by atoms with Crippen LogP contribution < -0.4 is 5.73 Å². The lowest BCUT2D eigenvalue weighted by molar-refractivity contribution is 0.0735. The van der Waals surface area contributed by atoms with Gasteiger partial charge in [0.1, 0.15) is 10.8 Å². The number of hydrogen-bond donors (Lipinski definition) is 1. The molecule has 0 spiro atoms. The van der Waals surface area contributed by atoms with Gasteiger partial charge in [0.05, 0.1) is 11.6 Å². The van der Waals surface area contributed by atoms with Gasteiger partial charge in [-0.2, -0.15) is 0 Å². The van der Waals surface area contributed by atoms with Crippen molar-refractivity contribution in [1.82, 2.24) is 29.6 Å². The first-order chi connectivity index (χ1) is 19.3. The maximum absolute atomic E-state index is 14.0. The Labute approximate surface area is 236 Å². The number of thiazole rings is 1. The first kappa shape index (κ1) is 26.1. The number of hydrogen-bond acceptors (Lipinski definition) is 8. The average molecular weight is 554 g/mol. The second-order valence-corrected chi connectivity index (χ2v) is 11.5. The van der Waals surface area contributed by atoms with E-state index < -0.39 is 5.54 Å². The van der Waals surface area contributed by atoms with E-state index in [4.69, 9.17) is 10.2 Å². The van der Waals surface area contributed by atoms with Crippen molar-refractivity contribution in [2.45, 2.75) is 44.7 Å². The van der Waals surface area contributed by atoms with Crippen LogP contribution >= 0.6 is 11.3 Å². The Morgan fingerprint density at radius 3 is 2.70 bits per heavy atom. The molecule has 6 rings (SSSR count). The summed E-state index contributed by atoms with van der Waals surface area (Å²) in [5, 5.41) is 11.7. The Kier molecular flexibility index (Phi) is 6.81. The Bertz CT molecular complexity index is 1650. The minimum Gasteiger partial charge on any atom is -0.419 e. The molecule has 0 radical (unpaired) electrons. The van der Waals surface area contributed by atoms with Gasteiger partial charge in [-0.3, -0.25) is 4.79 Å². The summed E-state index contributed by atoms with van der Waals surface area (Å²) in [6.45, 7) is 4.54. The van der Waals surface area contributed by atoms with E-state index in [1.165, 1.54) is 0 Å². The van der Waals surface area contributed by atoms with Gasteiger partial charge in [0.2, 0.25) is 11.8 Å². The predicted molar refractivity (Wildman–Crippen MR) is 153 cm³/mol. The van der Waals surface area contributed by atoms with E-state index in [1.54, 1.807) is 17.5 Å². The van der Waals surface area contributed by atoms with Crippen molar-refractivity contribution < 1.29 is 9.21 Å². The van der Waals surface area contributed by atoms with Crippen LogP contribution in [0.2, 0.25) is 0 Å². The normalized spacial score (nSPS) is 16.8. The third kappa shape index (κ3) is 5.07. The SMILES string of the molecule is Cc1csc([C@H]2CCCN2C(=O)c2cc(-c3nnc([C@](C)(N)Cc4ccccc4)o3)cc(-c3nccn3C)c2)n1. The van der Waals surface area contributed by atoms with Crippen molar-refractivity contribution in [3.05, 3.63) is 94.0 Å². The van der Waals surface area contributed by atoms with Gasteiger partial charge in [-0.05, 0) is 56.9 Å². The molecular weight excluding hydrogens is 522 g/mol. The molecule has 1 fully saturated rings. The van der Waals surface area contributed by atoms with Crippen LogP contribution in [0.4, 0.5) is 0 Å². The van der Waals surface area contributed by atoms with Gasteiger partial charge in [0, 0.05) is 53.8 Å². The van der Waals surface area contributed by atoms with E-state index in [2.05, 4.69) is 20.2 Å². The lowest BCUT2D eigenvalue weighted by Gasteiger charge is -2.23. The molecule has 1 amide bonds. The highest BCUT2D eigenvalue weighted by Gasteiger charge is 2.33. The summed E-state index contributed by atoms with van der Waals surface area (Å²) in [7, 11) is 1.92. The van der Waals surface area contributed by atoms with Gasteiger partial charge in [0.15, 0.2) is 0 Å². The first-order valence-electron chi connectivity index (χ1n) is 13.3. The Morgan fingerprint density at radius 1 is 1.18 bits per heavy atom. The monoisotopic (exact) mass is 553 g/mol. The van der Waals surface area contributed by atoms with Crippen molar-refractivity contribution in [1.29, 1.82) is 0 Å². The minimum absolute atomic E-state index is 0.0302. The van der Waals surface area contributed by atoms with Crippen LogP contribution in [0.3, 0.4) is 0 Å². The van der Waals surface area contributed by atoms with Crippen molar-refractivity contribution in [2.24, 2.45) is 12.8 Å². The second kappa shape index (κ2) is 10.4. The highest BCUT2D eigenvalue weighted by Crippen LogP contribution is 2.36. The van der Waals surface area contributed by atoms with Crippen LogP contribution in [0.15, 0.2) is 70.7 Å². The average Bonchev–Trinajstić information content (AvgIpc) is 3.75. The number of nitrogens with zero attached hydrogens (tertiary/aromatic N) is 6. The maximum atomic E-state index is 14.0. The summed E-state index contributed by atoms with van der Waals surface area (Å²) in [6.07, 6.45) is 5.98. The van der Waals surface area contributed by atoms with Crippen LogP contribution in [0.25, 0.3) is 22.8 Å². The van der Waals surface area contributed by atoms with Crippen LogP contribution in [0, 0.1) is 6.92 Å². The third-order valence-electron chi connectivity index (χ3n) is 7.27. The second-order valence-electron chi connectivity index (χ2n) is 10.6. The van der Waals surface area contributed by atoms with Crippen LogP contribution in [0.1, 0.15) is 58.3 Å². The molecule has 5 aromatic rings. The molecule has 40 heavy (non-hydrogen) atoms. The summed E-state index contributed by atoms with van der Waals surface area (Å²) in [5.41, 5.74) is 9.80. The molecule has 1 saturated heterocycles. The van der Waals surface area contributed by atoms with Crippen molar-refractivity contribution >= 4 is 17.2 Å². The highest BCUT2D eigenvalue weighted by molar-refractivity contribution is 7.09. The van der Waals surface area contributed by atoms with E-state index in [0.29, 0.717) is 35.9 Å². The number of rotatable bonds is 7. The lowest BCUT2D eigenvalue weighted by Crippen LogP contribution is -2.35. The number of imidazole rings is 1. The zero-order valence-electron chi connectivity index (χ0n) is 22.7. The number of nitrogens with two attached hydrogens (primary N) is 1. The summed E-state index contributed by atoms with van der Waals surface area (Å²) in [5.74, 6) is 1.32. The quantitative estimate of drug-likeness (QED) is 0.291. The molecule has 2 atom stereocenters. The van der Waals surface area contributed by atoms with Crippen molar-refractivity contribution in [3.8, 4) is 22.8 Å². The molecule has 1 aliphatic rings. The molecule has 0 aliphatic carbocycles. The molecule has 2 aromatic carbocycles. The number of aromatic nitrogens is 5. The molecule has 1 aliphatic heterocycles. The summed E-state index contributed by atoms with van der Waals surface area (Å²) in [4.78, 5) is 25.1. The number of aryl methyl sites for hydroxylation is 2. The van der Waals surface area contributed by atoms with E-state index in [0.717, 1.165) is 40.5 Å². The topological polar surface area (TPSA) is 116 Å². The zero-order valence-corrected chi connectivity index (χ0v) is 23.6. The summed E-state index contributed by atoms with van der Waals surface area (Å²) < 4.78 is 8.07. The number of carbonyl (C=O) groups excluding carboxylic acids is 1. The molecule has 204 valence electrons. The van der Waals surface area contributed by atoms with Crippen molar-refractivity contribution in [2.75, 3.05) is 6.54 Å². The number of benzene rings is 2. The molecule has 9 nitrogen and oxygen atoms in total. The largest absolute Gasteiger partial charge is 0.419 e. The van der Waals surface area contributed by atoms with E-state index >= 15 is 0 Å². The summed E-state index contributed by atoms with van der Waals surface area (Å²) in [6, 6.07) is 15.6. The minimum atomic E-state index is -0.864. The fraction of sp³-hybridized carbons (Fsp3) is 0.300. The number of carbonyl (C=O) groups is 1. The molecule has 10 heteroatoms. The van der Waals surface area contributed by atoms with Gasteiger partial charge >= 0.3 is 0 Å². The van der Waals surface area contributed by atoms with E-state index in [1.807, 2.05) is 90.5 Å². The number of likely N-dealkylation sites (tertiary alicyclic amines) is 1. The highest BCUT2D eigenvalue weighted by atomic mass is 32.1. The Morgan fingerprint density at radius 2 is 1.98 bits per heavy atom. The Hall–Kier alpha value is -4.15. The first-order valence-corrected chi connectivity index (χ1v) is 14.2. The molecule has 4 heterocycles. The van der Waals surface area contributed by atoms with Crippen LogP contribution in [-0.2, 0) is 19.0 Å². The lowest BCUT2D eigenvalue weighted by atomic mass is 9.94. The fourth-order valence-electron chi connectivity index (χ4n) is 5.27. The number of amides is 1. The van der Waals surface area contributed by atoms with Gasteiger partial charge < -0.3 is 19.6 Å². The van der Waals surface area contributed by atoms with Crippen LogP contribution in [0.5, 0.6) is 0 Å². The molecule has 3 aromatic heterocycles. The molecule has 0 saturated carbocycles. The molecule has 0 unspecified atom stereocenters. The fourth-order valence-corrected chi connectivity index (χ4v) is 6.21. The van der Waals surface area contributed by atoms with Gasteiger partial charge in [-0.15, -0.1) is 21.5 Å². The summed E-state index contributed by atoms with van der Waals surface area (Å²) >= 11 is 1.61. The standard InChI is InChI=1S/C30H31N7O2S/c1-19-18-40-27(33-19)24-10-7-12-37(24)28(38)23-15-21(25-32-11-13-36(25)3)14-22(16-23)26-34-35-29(39-26)30(2,31)17-20-8-5-4-6-9-20/h4-6,8-9,11,13-16,18,24H,7,10,12,17,31H2,1-3H3/t24-,30-/m1/s1. The van der Waals surface area contributed by atoms with E-state index in [-0.39, 0.29) is 11.9 Å². The zero-order chi connectivity index (χ0) is 27.9. The van der Waals surface area contributed by atoms with Gasteiger partial charge in [0.25, 0.3) is 5.91 Å². The van der Waals surface area contributed by atoms with E-state index in [9.17, 15) is 4.79 Å². The predicted octanol–water partition coefficient (Wildman–Crippen LogP) is 5.30. The molecule has 0 bridgehead atoms. The van der Waals surface area contributed by atoms with Gasteiger partial charge in [-0.25, -0.2) is 9.97 Å². The molecular formula is C30H31N7O2S. The van der Waals surface area contributed by atoms with Gasteiger partial charge in [-0.1, -0.05) is 30.3 Å². The molecule has 2 N–H and O–H groups in total.